The molecule has 0 N–H and O–H groups in total. The van der Waals surface area contributed by atoms with Crippen LogP contribution in [0.15, 0.2) is 106 Å². The SMILES string of the molecule is Cc1ccc(-n2c(C)cc(C(=O)CSc3nc4scc(-c5ccccc5)c4c(=O)n3-c3ccccc3)c2C)cc1. The first-order chi connectivity index (χ1) is 19.4. The number of thiophene rings is 1. The van der Waals surface area contributed by atoms with Crippen LogP contribution in [-0.2, 0) is 0 Å². The molecule has 0 aliphatic carbocycles. The molecule has 3 aromatic carbocycles. The van der Waals surface area contributed by atoms with Crippen molar-refractivity contribution in [3.8, 4) is 22.5 Å². The Morgan fingerprint density at radius 1 is 0.850 bits per heavy atom. The van der Waals surface area contributed by atoms with E-state index < -0.39 is 0 Å². The molecule has 0 radical (unpaired) electrons. The zero-order valence-corrected chi connectivity index (χ0v) is 24.1. The standard InChI is InChI=1S/C33H27N3O2S2/c1-21-14-16-26(17-15-21)35-22(2)18-27(23(35)3)29(37)20-40-33-34-31-30(28(19-39-31)24-10-6-4-7-11-24)32(38)36(33)25-12-8-5-9-13-25/h4-19H,20H2,1-3H3. The predicted octanol–water partition coefficient (Wildman–Crippen LogP) is 7.81. The number of aromatic nitrogens is 3. The van der Waals surface area contributed by atoms with Crippen LogP contribution in [-0.4, -0.2) is 25.7 Å². The molecule has 3 heterocycles. The summed E-state index contributed by atoms with van der Waals surface area (Å²) >= 11 is 2.75. The second-order valence-electron chi connectivity index (χ2n) is 9.73. The molecule has 0 saturated heterocycles. The highest BCUT2D eigenvalue weighted by Gasteiger charge is 2.21. The van der Waals surface area contributed by atoms with Crippen molar-refractivity contribution in [1.82, 2.24) is 14.1 Å². The van der Waals surface area contributed by atoms with Crippen LogP contribution >= 0.6 is 23.1 Å². The first kappa shape index (κ1) is 26.0. The molecule has 0 unspecified atom stereocenters. The number of hydrogen-bond acceptors (Lipinski definition) is 5. The van der Waals surface area contributed by atoms with Gasteiger partial charge >= 0.3 is 0 Å². The second-order valence-corrected chi connectivity index (χ2v) is 11.5. The molecule has 3 aromatic heterocycles. The van der Waals surface area contributed by atoms with Crippen LogP contribution in [0.25, 0.3) is 32.7 Å². The third-order valence-corrected chi connectivity index (χ3v) is 8.84. The fourth-order valence-electron chi connectivity index (χ4n) is 5.05. The molecule has 0 spiro atoms. The number of Topliss-reactive ketones (excluding diaryl/α,β-unsaturated/α-hetero) is 1. The summed E-state index contributed by atoms with van der Waals surface area (Å²) in [6.45, 7) is 6.05. The third-order valence-electron chi connectivity index (χ3n) is 7.03. The van der Waals surface area contributed by atoms with E-state index in [1.54, 1.807) is 4.57 Å². The molecule has 0 saturated carbocycles. The van der Waals surface area contributed by atoms with E-state index in [1.165, 1.54) is 28.7 Å². The van der Waals surface area contributed by atoms with Gasteiger partial charge < -0.3 is 4.57 Å². The second kappa shape index (κ2) is 10.8. The summed E-state index contributed by atoms with van der Waals surface area (Å²) in [6, 6.07) is 29.6. The minimum absolute atomic E-state index is 0.00146. The molecule has 0 amide bonds. The zero-order chi connectivity index (χ0) is 27.8. The molecule has 5 nitrogen and oxygen atoms in total. The van der Waals surface area contributed by atoms with Crippen molar-refractivity contribution in [1.29, 1.82) is 0 Å². The van der Waals surface area contributed by atoms with Gasteiger partial charge in [-0.1, -0.05) is 78.0 Å². The number of carbonyl (C=O) groups excluding carboxylic acids is 1. The van der Waals surface area contributed by atoms with Gasteiger partial charge in [0.2, 0.25) is 0 Å². The van der Waals surface area contributed by atoms with Crippen LogP contribution in [0.1, 0.15) is 27.3 Å². The van der Waals surface area contributed by atoms with Crippen LogP contribution < -0.4 is 5.56 Å². The number of fused-ring (bicyclic) bond motifs is 1. The minimum Gasteiger partial charge on any atom is -0.318 e. The topological polar surface area (TPSA) is 56.9 Å². The zero-order valence-electron chi connectivity index (χ0n) is 22.4. The number of benzene rings is 3. The van der Waals surface area contributed by atoms with Crippen LogP contribution in [0.3, 0.4) is 0 Å². The number of thioether (sulfide) groups is 1. The Kier molecular flexibility index (Phi) is 7.00. The van der Waals surface area contributed by atoms with Gasteiger partial charge in [0, 0.05) is 33.6 Å². The first-order valence-corrected chi connectivity index (χ1v) is 14.9. The largest absolute Gasteiger partial charge is 0.318 e. The summed E-state index contributed by atoms with van der Waals surface area (Å²) in [6.07, 6.45) is 0. The summed E-state index contributed by atoms with van der Waals surface area (Å²) in [5.41, 5.74) is 7.25. The fraction of sp³-hybridized carbons (Fsp3) is 0.121. The molecular formula is C33H27N3O2S2. The Morgan fingerprint density at radius 2 is 1.50 bits per heavy atom. The highest BCUT2D eigenvalue weighted by atomic mass is 32.2. The molecule has 6 aromatic rings. The van der Waals surface area contributed by atoms with E-state index >= 15 is 0 Å². The van der Waals surface area contributed by atoms with E-state index in [0.717, 1.165) is 33.9 Å². The molecule has 40 heavy (non-hydrogen) atoms. The van der Waals surface area contributed by atoms with E-state index in [2.05, 4.69) is 35.8 Å². The van der Waals surface area contributed by atoms with E-state index in [0.29, 0.717) is 20.9 Å². The van der Waals surface area contributed by atoms with Gasteiger partial charge in [-0.15, -0.1) is 11.3 Å². The number of carbonyl (C=O) groups is 1. The van der Waals surface area contributed by atoms with Gasteiger partial charge in [0.25, 0.3) is 5.56 Å². The molecule has 7 heteroatoms. The van der Waals surface area contributed by atoms with E-state index in [1.807, 2.05) is 86.0 Å². The van der Waals surface area contributed by atoms with Crippen LogP contribution in [0.2, 0.25) is 0 Å². The minimum atomic E-state index is -0.135. The number of ketones is 1. The highest BCUT2D eigenvalue weighted by Crippen LogP contribution is 2.33. The molecule has 0 aliphatic rings. The van der Waals surface area contributed by atoms with Gasteiger partial charge in [-0.25, -0.2) is 4.98 Å². The van der Waals surface area contributed by atoms with Crippen molar-refractivity contribution >= 4 is 39.1 Å². The van der Waals surface area contributed by atoms with E-state index in [-0.39, 0.29) is 17.1 Å². The van der Waals surface area contributed by atoms with E-state index in [4.69, 9.17) is 4.98 Å². The van der Waals surface area contributed by atoms with Crippen molar-refractivity contribution in [3.05, 3.63) is 129 Å². The lowest BCUT2D eigenvalue weighted by Gasteiger charge is -2.13. The Hall–Kier alpha value is -4.20. The lowest BCUT2D eigenvalue weighted by molar-refractivity contribution is 0.102. The van der Waals surface area contributed by atoms with Crippen molar-refractivity contribution in [2.45, 2.75) is 25.9 Å². The number of aryl methyl sites for hydroxylation is 2. The van der Waals surface area contributed by atoms with Gasteiger partial charge in [0.05, 0.1) is 16.8 Å². The van der Waals surface area contributed by atoms with Crippen LogP contribution in [0, 0.1) is 20.8 Å². The van der Waals surface area contributed by atoms with Crippen LogP contribution in [0.4, 0.5) is 0 Å². The summed E-state index contributed by atoms with van der Waals surface area (Å²) < 4.78 is 3.74. The molecule has 6 rings (SSSR count). The van der Waals surface area contributed by atoms with Crippen LogP contribution in [0.5, 0.6) is 0 Å². The highest BCUT2D eigenvalue weighted by molar-refractivity contribution is 7.99. The maximum Gasteiger partial charge on any atom is 0.268 e. The Labute approximate surface area is 240 Å². The first-order valence-electron chi connectivity index (χ1n) is 13.0. The maximum absolute atomic E-state index is 14.0. The molecule has 0 aliphatic heterocycles. The van der Waals surface area contributed by atoms with Gasteiger partial charge in [0.1, 0.15) is 4.83 Å². The van der Waals surface area contributed by atoms with Crippen molar-refractivity contribution < 1.29 is 4.79 Å². The quantitative estimate of drug-likeness (QED) is 0.113. The molecule has 0 fully saturated rings. The van der Waals surface area contributed by atoms with Crippen molar-refractivity contribution in [2.24, 2.45) is 0 Å². The average Bonchev–Trinajstić information content (AvgIpc) is 3.54. The number of rotatable bonds is 7. The average molecular weight is 562 g/mol. The van der Waals surface area contributed by atoms with Gasteiger partial charge in [-0.2, -0.15) is 0 Å². The number of para-hydroxylation sites is 1. The fourth-order valence-corrected chi connectivity index (χ4v) is 6.93. The van der Waals surface area contributed by atoms with Crippen molar-refractivity contribution in [3.63, 3.8) is 0 Å². The molecule has 0 bridgehead atoms. The Balaban J connectivity index is 1.38. The monoisotopic (exact) mass is 561 g/mol. The van der Waals surface area contributed by atoms with Gasteiger partial charge in [-0.3, -0.25) is 14.2 Å². The lowest BCUT2D eigenvalue weighted by Crippen LogP contribution is -2.22. The van der Waals surface area contributed by atoms with Crippen molar-refractivity contribution in [2.75, 3.05) is 5.75 Å². The molecule has 198 valence electrons. The van der Waals surface area contributed by atoms with Gasteiger partial charge in [-0.05, 0) is 56.7 Å². The third kappa shape index (κ3) is 4.72. The summed E-state index contributed by atoms with van der Waals surface area (Å²) in [4.78, 5) is 33.1. The smallest absolute Gasteiger partial charge is 0.268 e. The summed E-state index contributed by atoms with van der Waals surface area (Å²) in [7, 11) is 0. The Morgan fingerprint density at radius 3 is 2.20 bits per heavy atom. The molecular weight excluding hydrogens is 535 g/mol. The predicted molar refractivity (Wildman–Crippen MR) is 166 cm³/mol. The maximum atomic E-state index is 14.0. The summed E-state index contributed by atoms with van der Waals surface area (Å²) in [5.74, 6) is 0.168. The Bertz CT molecular complexity index is 1900. The van der Waals surface area contributed by atoms with Gasteiger partial charge in [0.15, 0.2) is 10.9 Å². The summed E-state index contributed by atoms with van der Waals surface area (Å²) in [5, 5.41) is 3.09. The lowest BCUT2D eigenvalue weighted by atomic mass is 10.1. The molecule has 0 atom stereocenters. The normalized spacial score (nSPS) is 11.3. The van der Waals surface area contributed by atoms with E-state index in [9.17, 15) is 9.59 Å². The number of hydrogen-bond donors (Lipinski definition) is 0. The number of nitrogens with zero attached hydrogens (tertiary/aromatic N) is 3.